The Kier molecular flexibility index (Phi) is 6.93. The first-order valence-electron chi connectivity index (χ1n) is 9.38. The summed E-state index contributed by atoms with van der Waals surface area (Å²) >= 11 is 0. The Hall–Kier alpha value is -2.09. The minimum Gasteiger partial charge on any atom is -0.493 e. The Morgan fingerprint density at radius 1 is 1.04 bits per heavy atom. The van der Waals surface area contributed by atoms with Crippen LogP contribution < -0.4 is 9.47 Å². The molecule has 1 atom stereocenters. The molecule has 2 aromatic rings. The Balaban J connectivity index is 1.64. The maximum absolute atomic E-state index is 13.1. The molecule has 0 aliphatic carbocycles. The van der Waals surface area contributed by atoms with Crippen LogP contribution in [-0.4, -0.2) is 46.6 Å². The summed E-state index contributed by atoms with van der Waals surface area (Å²) in [5.74, 6) is 1.10. The van der Waals surface area contributed by atoms with Crippen molar-refractivity contribution in [1.29, 1.82) is 0 Å². The Bertz CT molecular complexity index is 870. The number of nitrogens with zero attached hydrogens (tertiary/aromatic N) is 1. The highest BCUT2D eigenvalue weighted by Crippen LogP contribution is 2.32. The quantitative estimate of drug-likeness (QED) is 0.674. The highest BCUT2D eigenvalue weighted by Gasteiger charge is 2.31. The van der Waals surface area contributed by atoms with Crippen LogP contribution >= 0.6 is 0 Å². The summed E-state index contributed by atoms with van der Waals surface area (Å²) in [7, 11) is -0.568. The van der Waals surface area contributed by atoms with Gasteiger partial charge in [0.1, 0.15) is 0 Å². The van der Waals surface area contributed by atoms with Gasteiger partial charge in [-0.05, 0) is 36.5 Å². The van der Waals surface area contributed by atoms with Gasteiger partial charge in [-0.15, -0.1) is 0 Å². The molecule has 0 spiro atoms. The van der Waals surface area contributed by atoms with Gasteiger partial charge >= 0.3 is 0 Å². The molecule has 1 heterocycles. The maximum atomic E-state index is 13.1. The van der Waals surface area contributed by atoms with Crippen LogP contribution in [0.1, 0.15) is 18.4 Å². The van der Waals surface area contributed by atoms with Crippen molar-refractivity contribution in [1.82, 2.24) is 4.31 Å². The van der Waals surface area contributed by atoms with Crippen molar-refractivity contribution < 1.29 is 22.6 Å². The molecule has 1 saturated heterocycles. The van der Waals surface area contributed by atoms with E-state index in [4.69, 9.17) is 14.2 Å². The third-order valence-electron chi connectivity index (χ3n) is 4.94. The average Bonchev–Trinajstić information content (AvgIpc) is 2.74. The number of ether oxygens (including phenoxy) is 3. The van der Waals surface area contributed by atoms with Crippen molar-refractivity contribution in [2.24, 2.45) is 5.92 Å². The number of rotatable bonds is 8. The highest BCUT2D eigenvalue weighted by atomic mass is 32.2. The van der Waals surface area contributed by atoms with Gasteiger partial charge in [0.15, 0.2) is 11.5 Å². The van der Waals surface area contributed by atoms with Gasteiger partial charge in [0, 0.05) is 19.2 Å². The van der Waals surface area contributed by atoms with Crippen LogP contribution in [0.25, 0.3) is 0 Å². The minimum absolute atomic E-state index is 0.187. The van der Waals surface area contributed by atoms with Crippen LogP contribution in [-0.2, 0) is 21.4 Å². The Morgan fingerprint density at radius 2 is 1.79 bits per heavy atom. The molecule has 0 aromatic heterocycles. The molecule has 152 valence electrons. The minimum atomic E-state index is -3.59. The second-order valence-corrected chi connectivity index (χ2v) is 8.83. The first kappa shape index (κ1) is 20.6. The molecule has 0 amide bonds. The maximum Gasteiger partial charge on any atom is 0.243 e. The van der Waals surface area contributed by atoms with Gasteiger partial charge in [-0.1, -0.05) is 30.3 Å². The Morgan fingerprint density at radius 3 is 2.50 bits per heavy atom. The number of benzene rings is 2. The third-order valence-corrected chi connectivity index (χ3v) is 6.80. The molecule has 0 radical (unpaired) electrons. The predicted octanol–water partition coefficient (Wildman–Crippen LogP) is 3.32. The first-order chi connectivity index (χ1) is 13.5. The second-order valence-electron chi connectivity index (χ2n) is 6.89. The zero-order valence-corrected chi connectivity index (χ0v) is 17.2. The highest BCUT2D eigenvalue weighted by molar-refractivity contribution is 7.89. The summed E-state index contributed by atoms with van der Waals surface area (Å²) < 4.78 is 44.0. The number of sulfonamides is 1. The lowest BCUT2D eigenvalue weighted by Crippen LogP contribution is -2.41. The van der Waals surface area contributed by atoms with Crippen LogP contribution in [0.2, 0.25) is 0 Å². The van der Waals surface area contributed by atoms with Crippen LogP contribution in [0.15, 0.2) is 53.4 Å². The van der Waals surface area contributed by atoms with Crippen LogP contribution in [0.5, 0.6) is 11.5 Å². The van der Waals surface area contributed by atoms with E-state index in [9.17, 15) is 8.42 Å². The van der Waals surface area contributed by atoms with E-state index in [0.717, 1.165) is 18.4 Å². The molecule has 1 aliphatic rings. The number of hydrogen-bond acceptors (Lipinski definition) is 5. The smallest absolute Gasteiger partial charge is 0.243 e. The van der Waals surface area contributed by atoms with Crippen LogP contribution in [0.4, 0.5) is 0 Å². The summed E-state index contributed by atoms with van der Waals surface area (Å²) in [5, 5.41) is 0. The Labute approximate surface area is 167 Å². The van der Waals surface area contributed by atoms with Crippen molar-refractivity contribution in [3.05, 3.63) is 54.1 Å². The summed E-state index contributed by atoms with van der Waals surface area (Å²) in [5.41, 5.74) is 1.12. The van der Waals surface area contributed by atoms with E-state index in [1.54, 1.807) is 16.4 Å². The van der Waals surface area contributed by atoms with Gasteiger partial charge in [-0.3, -0.25) is 0 Å². The lowest BCUT2D eigenvalue weighted by molar-refractivity contribution is 0.0672. The van der Waals surface area contributed by atoms with Crippen molar-refractivity contribution in [3.63, 3.8) is 0 Å². The van der Waals surface area contributed by atoms with Crippen molar-refractivity contribution >= 4 is 10.0 Å². The van der Waals surface area contributed by atoms with E-state index in [1.165, 1.54) is 20.3 Å². The van der Waals surface area contributed by atoms with E-state index < -0.39 is 10.0 Å². The fourth-order valence-electron chi connectivity index (χ4n) is 3.42. The van der Waals surface area contributed by atoms with Gasteiger partial charge < -0.3 is 14.2 Å². The summed E-state index contributed by atoms with van der Waals surface area (Å²) in [6.07, 6.45) is 1.79. The summed E-state index contributed by atoms with van der Waals surface area (Å²) in [4.78, 5) is 0.219. The second kappa shape index (κ2) is 9.41. The van der Waals surface area contributed by atoms with Crippen molar-refractivity contribution in [2.45, 2.75) is 24.3 Å². The normalized spacial score (nSPS) is 18.0. The number of methoxy groups -OCH3 is 2. The molecule has 6 nitrogen and oxygen atoms in total. The van der Waals surface area contributed by atoms with Gasteiger partial charge in [-0.25, -0.2) is 8.42 Å². The lowest BCUT2D eigenvalue weighted by Gasteiger charge is -2.32. The zero-order chi connectivity index (χ0) is 20.0. The predicted molar refractivity (Wildman–Crippen MR) is 107 cm³/mol. The molecule has 0 saturated carbocycles. The largest absolute Gasteiger partial charge is 0.493 e. The van der Waals surface area contributed by atoms with Gasteiger partial charge in [-0.2, -0.15) is 4.31 Å². The first-order valence-corrected chi connectivity index (χ1v) is 10.8. The fraction of sp³-hybridized carbons (Fsp3) is 0.429. The van der Waals surface area contributed by atoms with Crippen LogP contribution in [0, 0.1) is 5.92 Å². The van der Waals surface area contributed by atoms with Gasteiger partial charge in [0.2, 0.25) is 10.0 Å². The monoisotopic (exact) mass is 405 g/mol. The lowest BCUT2D eigenvalue weighted by atomic mass is 10.0. The molecule has 0 bridgehead atoms. The SMILES string of the molecule is COc1ccc(S(=O)(=O)N2CCCC(COCc3ccccc3)C2)cc1OC. The topological polar surface area (TPSA) is 65.1 Å². The van der Waals surface area contributed by atoms with E-state index >= 15 is 0 Å². The van der Waals surface area contributed by atoms with Gasteiger partial charge in [0.25, 0.3) is 0 Å². The molecule has 7 heteroatoms. The molecule has 1 unspecified atom stereocenters. The van der Waals surface area contributed by atoms with Crippen molar-refractivity contribution in [3.8, 4) is 11.5 Å². The van der Waals surface area contributed by atoms with E-state index in [1.807, 2.05) is 30.3 Å². The summed E-state index contributed by atoms with van der Waals surface area (Å²) in [6.45, 7) is 2.07. The molecule has 0 N–H and O–H groups in total. The molecular formula is C21H27NO5S. The molecule has 1 aliphatic heterocycles. The van der Waals surface area contributed by atoms with E-state index in [0.29, 0.717) is 37.8 Å². The number of piperidine rings is 1. The fourth-order valence-corrected chi connectivity index (χ4v) is 5.00. The van der Waals surface area contributed by atoms with Gasteiger partial charge in [0.05, 0.1) is 32.3 Å². The molecule has 2 aromatic carbocycles. The summed E-state index contributed by atoms with van der Waals surface area (Å²) in [6, 6.07) is 14.7. The molecule has 28 heavy (non-hydrogen) atoms. The number of hydrogen-bond donors (Lipinski definition) is 0. The standard InChI is InChI=1S/C21H27NO5S/c1-25-20-11-10-19(13-21(20)26-2)28(23,24)22-12-6-9-18(14-22)16-27-15-17-7-4-3-5-8-17/h3-5,7-8,10-11,13,18H,6,9,12,14-16H2,1-2H3. The average molecular weight is 406 g/mol. The van der Waals surface area contributed by atoms with Crippen molar-refractivity contribution in [2.75, 3.05) is 33.9 Å². The molecule has 1 fully saturated rings. The molecule has 3 rings (SSSR count). The van der Waals surface area contributed by atoms with Crippen LogP contribution in [0.3, 0.4) is 0 Å². The van der Waals surface area contributed by atoms with E-state index in [-0.39, 0.29) is 10.8 Å². The third kappa shape index (κ3) is 4.84. The zero-order valence-electron chi connectivity index (χ0n) is 16.3. The molecular weight excluding hydrogens is 378 g/mol. The van der Waals surface area contributed by atoms with E-state index in [2.05, 4.69) is 0 Å².